The van der Waals surface area contributed by atoms with E-state index in [9.17, 15) is 0 Å². The van der Waals surface area contributed by atoms with Crippen molar-refractivity contribution in [2.45, 2.75) is 6.04 Å². The van der Waals surface area contributed by atoms with E-state index in [0.717, 1.165) is 19.1 Å². The van der Waals surface area contributed by atoms with Gasteiger partial charge in [0.15, 0.2) is 0 Å². The van der Waals surface area contributed by atoms with Gasteiger partial charge in [0.1, 0.15) is 25.0 Å². The van der Waals surface area contributed by atoms with E-state index in [-0.39, 0.29) is 0 Å². The molecule has 1 atom stereocenters. The summed E-state index contributed by atoms with van der Waals surface area (Å²) in [7, 11) is 0. The van der Waals surface area contributed by atoms with E-state index in [0.29, 0.717) is 6.04 Å². The molecule has 0 saturated carbocycles. The number of alkyl halides is 1. The average Bonchev–Trinajstić information content (AvgIpc) is 2.49. The maximum Gasteiger partial charge on any atom is 0.126 e. The summed E-state index contributed by atoms with van der Waals surface area (Å²) in [5.41, 5.74) is 0. The van der Waals surface area contributed by atoms with Crippen LogP contribution in [0.15, 0.2) is 0 Å². The van der Waals surface area contributed by atoms with Crippen LogP contribution in [0, 0.1) is 0 Å². The summed E-state index contributed by atoms with van der Waals surface area (Å²) in [6, 6.07) is 0.681. The Bertz CT molecular complexity index is 161. The Morgan fingerprint density at radius 2 is 2.17 bits per heavy atom. The quantitative estimate of drug-likeness (QED) is 0.472. The topological polar surface area (TPSA) is 9.23 Å². The molecule has 0 N–H and O–H groups in total. The Kier molecular flexibility index (Phi) is 2.85. The van der Waals surface area contributed by atoms with Gasteiger partial charge in [0.2, 0.25) is 0 Å². The molecule has 2 fully saturated rings. The van der Waals surface area contributed by atoms with Crippen molar-refractivity contribution >= 4 is 23.4 Å². The molecule has 4 heteroatoms. The fourth-order valence-corrected chi connectivity index (χ4v) is 4.20. The first-order valence-electron chi connectivity index (χ1n) is 4.45. The van der Waals surface area contributed by atoms with Gasteiger partial charge in [-0.15, -0.1) is 11.6 Å². The van der Waals surface area contributed by atoms with Crippen LogP contribution in [0.1, 0.15) is 0 Å². The number of thioether (sulfide) groups is 1. The number of quaternary nitrogens is 1. The van der Waals surface area contributed by atoms with Crippen LogP contribution < -0.4 is 0 Å². The number of nitrogens with zero attached hydrogens (tertiary/aromatic N) is 1. The van der Waals surface area contributed by atoms with Gasteiger partial charge in [0, 0.05) is 0 Å². The maximum atomic E-state index is 5.96. The number of ether oxygens (including phenoxy) is 1. The molecule has 0 aliphatic carbocycles. The molecule has 1 spiro atoms. The predicted octanol–water partition coefficient (Wildman–Crippen LogP) is 1.15. The van der Waals surface area contributed by atoms with Gasteiger partial charge in [-0.05, 0) is 0 Å². The molecule has 0 amide bonds. The van der Waals surface area contributed by atoms with Gasteiger partial charge >= 0.3 is 0 Å². The molecule has 2 saturated heterocycles. The molecule has 2 heterocycles. The second-order valence-corrected chi connectivity index (χ2v) is 4.89. The third-order valence-electron chi connectivity index (χ3n) is 2.97. The summed E-state index contributed by atoms with van der Waals surface area (Å²) in [5, 5.41) is 0. The van der Waals surface area contributed by atoms with Crippen LogP contribution in [0.4, 0.5) is 0 Å². The van der Waals surface area contributed by atoms with Crippen molar-refractivity contribution in [2.24, 2.45) is 0 Å². The maximum absolute atomic E-state index is 5.96. The fraction of sp³-hybridized carbons (Fsp3) is 1.00. The lowest BCUT2D eigenvalue weighted by atomic mass is 10.2. The molecule has 2 nitrogen and oxygen atoms in total. The Morgan fingerprint density at radius 3 is 2.83 bits per heavy atom. The van der Waals surface area contributed by atoms with E-state index in [1.54, 1.807) is 0 Å². The zero-order chi connectivity index (χ0) is 8.44. The number of halogens is 1. The highest BCUT2D eigenvalue weighted by Crippen LogP contribution is 2.31. The van der Waals surface area contributed by atoms with Crippen molar-refractivity contribution in [3.05, 3.63) is 0 Å². The minimum absolute atomic E-state index is 0.681. The summed E-state index contributed by atoms with van der Waals surface area (Å²) in [4.78, 5) is 0. The van der Waals surface area contributed by atoms with E-state index in [2.05, 4.69) is 0 Å². The normalized spacial score (nSPS) is 34.2. The molecule has 2 aliphatic rings. The van der Waals surface area contributed by atoms with Gasteiger partial charge < -0.3 is 9.22 Å². The van der Waals surface area contributed by atoms with Crippen molar-refractivity contribution in [3.63, 3.8) is 0 Å². The first-order chi connectivity index (χ1) is 5.87. The van der Waals surface area contributed by atoms with Gasteiger partial charge in [-0.1, -0.05) is 11.8 Å². The van der Waals surface area contributed by atoms with Crippen LogP contribution >= 0.6 is 23.4 Å². The van der Waals surface area contributed by atoms with Crippen molar-refractivity contribution < 1.29 is 9.22 Å². The number of morpholine rings is 1. The van der Waals surface area contributed by atoms with E-state index in [1.807, 2.05) is 11.8 Å². The Labute approximate surface area is 82.8 Å². The fourth-order valence-electron chi connectivity index (χ4n) is 2.03. The predicted molar refractivity (Wildman–Crippen MR) is 52.6 cm³/mol. The van der Waals surface area contributed by atoms with Gasteiger partial charge in [0.25, 0.3) is 0 Å². The lowest BCUT2D eigenvalue weighted by molar-refractivity contribution is -0.937. The smallest absolute Gasteiger partial charge is 0.126 e. The van der Waals surface area contributed by atoms with Crippen molar-refractivity contribution in [3.8, 4) is 0 Å². The van der Waals surface area contributed by atoms with Crippen LogP contribution in [0.3, 0.4) is 0 Å². The Hall–Kier alpha value is 0.560. The summed E-state index contributed by atoms with van der Waals surface area (Å²) >= 11 is 8.01. The Morgan fingerprint density at radius 1 is 1.42 bits per heavy atom. The number of rotatable bonds is 1. The van der Waals surface area contributed by atoms with E-state index >= 15 is 0 Å². The molecule has 12 heavy (non-hydrogen) atoms. The highest BCUT2D eigenvalue weighted by molar-refractivity contribution is 7.99. The molecule has 1 unspecified atom stereocenters. The van der Waals surface area contributed by atoms with E-state index in [4.69, 9.17) is 16.3 Å². The second kappa shape index (κ2) is 3.74. The van der Waals surface area contributed by atoms with Crippen LogP contribution in [0.25, 0.3) is 0 Å². The van der Waals surface area contributed by atoms with Crippen LogP contribution in [0.2, 0.25) is 0 Å². The molecule has 0 aromatic rings. The number of hydrogen-bond donors (Lipinski definition) is 0. The third-order valence-corrected chi connectivity index (χ3v) is 4.65. The zero-order valence-electron chi connectivity index (χ0n) is 7.17. The second-order valence-electron chi connectivity index (χ2n) is 3.59. The lowest BCUT2D eigenvalue weighted by Crippen LogP contribution is -2.58. The van der Waals surface area contributed by atoms with Crippen molar-refractivity contribution in [1.82, 2.24) is 0 Å². The van der Waals surface area contributed by atoms with Crippen molar-refractivity contribution in [1.29, 1.82) is 0 Å². The monoisotopic (exact) mass is 208 g/mol. The SMILES string of the molecule is ClCC1CSC[N+]12CCOCC2. The molecule has 2 rings (SSSR count). The molecule has 2 aliphatic heterocycles. The summed E-state index contributed by atoms with van der Waals surface area (Å²) in [5.74, 6) is 3.30. The first kappa shape index (κ1) is 9.13. The van der Waals surface area contributed by atoms with Gasteiger partial charge in [-0.3, -0.25) is 0 Å². The van der Waals surface area contributed by atoms with Crippen LogP contribution in [0.5, 0.6) is 0 Å². The highest BCUT2D eigenvalue weighted by atomic mass is 35.5. The molecule has 0 radical (unpaired) electrons. The highest BCUT2D eigenvalue weighted by Gasteiger charge is 2.42. The van der Waals surface area contributed by atoms with Gasteiger partial charge in [0.05, 0.1) is 24.8 Å². The summed E-state index contributed by atoms with van der Waals surface area (Å²) in [6.45, 7) is 4.19. The third kappa shape index (κ3) is 1.48. The van der Waals surface area contributed by atoms with Crippen LogP contribution in [-0.2, 0) is 4.74 Å². The van der Waals surface area contributed by atoms with E-state index in [1.165, 1.54) is 29.2 Å². The zero-order valence-corrected chi connectivity index (χ0v) is 8.74. The van der Waals surface area contributed by atoms with Gasteiger partial charge in [-0.25, -0.2) is 0 Å². The molecular formula is C8H15ClNOS+. The minimum atomic E-state index is 0.681. The minimum Gasteiger partial charge on any atom is -0.370 e. The lowest BCUT2D eigenvalue weighted by Gasteiger charge is -2.41. The summed E-state index contributed by atoms with van der Waals surface area (Å²) in [6.07, 6.45) is 0. The molecular weight excluding hydrogens is 194 g/mol. The molecule has 0 aromatic heterocycles. The van der Waals surface area contributed by atoms with Crippen molar-refractivity contribution in [2.75, 3.05) is 43.8 Å². The van der Waals surface area contributed by atoms with E-state index < -0.39 is 0 Å². The van der Waals surface area contributed by atoms with Gasteiger partial charge in [-0.2, -0.15) is 0 Å². The Balaban J connectivity index is 2.05. The molecule has 0 bridgehead atoms. The van der Waals surface area contributed by atoms with Crippen LogP contribution in [-0.4, -0.2) is 54.3 Å². The summed E-state index contributed by atoms with van der Waals surface area (Å²) < 4.78 is 6.60. The largest absolute Gasteiger partial charge is 0.370 e. The molecule has 70 valence electrons. The standard InChI is InChI=1S/C8H15ClNOS/c9-5-8-6-12-7-10(8)1-3-11-4-2-10/h8H,1-7H2/q+1. The molecule has 0 aromatic carbocycles. The average molecular weight is 209 g/mol. The first-order valence-corrected chi connectivity index (χ1v) is 6.13. The number of hydrogen-bond acceptors (Lipinski definition) is 2.